The summed E-state index contributed by atoms with van der Waals surface area (Å²) in [6.45, 7) is 1.31. The molecule has 1 fully saturated rings. The number of aliphatic hydroxyl groups is 1. The summed E-state index contributed by atoms with van der Waals surface area (Å²) in [4.78, 5) is 8.35. The molecule has 2 heterocycles. The molecule has 0 spiro atoms. The quantitative estimate of drug-likeness (QED) is 0.839. The number of anilines is 1. The van der Waals surface area contributed by atoms with E-state index in [-0.39, 0.29) is 5.28 Å². The highest BCUT2D eigenvalue weighted by atomic mass is 35.5. The van der Waals surface area contributed by atoms with E-state index in [9.17, 15) is 5.11 Å². The Morgan fingerprint density at radius 3 is 3.00 bits per heavy atom. The minimum absolute atomic E-state index is 0.191. The first-order valence-electron chi connectivity index (χ1n) is 6.13. The van der Waals surface area contributed by atoms with Gasteiger partial charge >= 0.3 is 0 Å². The average Bonchev–Trinajstić information content (AvgIpc) is 2.83. The predicted molar refractivity (Wildman–Crippen MR) is 73.4 cm³/mol. The molecule has 1 atom stereocenters. The summed E-state index contributed by atoms with van der Waals surface area (Å²) in [7, 11) is 0. The Kier molecular flexibility index (Phi) is 3.26. The third-order valence-corrected chi connectivity index (χ3v) is 3.41. The number of rotatable bonds is 3. The number of ether oxygens (including phenoxy) is 1. The van der Waals surface area contributed by atoms with Crippen LogP contribution in [0.3, 0.4) is 0 Å². The topological polar surface area (TPSA) is 67.3 Å². The van der Waals surface area contributed by atoms with Crippen LogP contribution in [0.15, 0.2) is 24.3 Å². The Labute approximate surface area is 115 Å². The van der Waals surface area contributed by atoms with Crippen LogP contribution in [0.5, 0.6) is 0 Å². The van der Waals surface area contributed by atoms with Crippen molar-refractivity contribution in [2.45, 2.75) is 12.0 Å². The first-order chi connectivity index (χ1) is 9.16. The van der Waals surface area contributed by atoms with Crippen molar-refractivity contribution >= 4 is 28.3 Å². The number of benzene rings is 1. The molecular weight excluding hydrogens is 266 g/mol. The molecular formula is C13H14ClN3O2. The van der Waals surface area contributed by atoms with Gasteiger partial charge in [-0.2, -0.15) is 0 Å². The van der Waals surface area contributed by atoms with Gasteiger partial charge in [0.15, 0.2) is 0 Å². The van der Waals surface area contributed by atoms with E-state index in [0.717, 1.165) is 10.9 Å². The lowest BCUT2D eigenvalue weighted by Crippen LogP contribution is -2.37. The second-order valence-corrected chi connectivity index (χ2v) is 5.08. The van der Waals surface area contributed by atoms with Crippen LogP contribution in [0.4, 0.5) is 5.82 Å². The van der Waals surface area contributed by atoms with Gasteiger partial charge in [-0.3, -0.25) is 0 Å². The minimum atomic E-state index is -0.835. The summed E-state index contributed by atoms with van der Waals surface area (Å²) in [5, 5.41) is 14.4. The number of fused-ring (bicyclic) bond motifs is 1. The highest BCUT2D eigenvalue weighted by molar-refractivity contribution is 6.28. The SMILES string of the molecule is OC1(CNc2nc(Cl)nc3ccccc23)CCOC1. The molecule has 5 nitrogen and oxygen atoms in total. The summed E-state index contributed by atoms with van der Waals surface area (Å²) in [5.41, 5.74) is -0.0573. The first-order valence-corrected chi connectivity index (χ1v) is 6.50. The van der Waals surface area contributed by atoms with E-state index >= 15 is 0 Å². The van der Waals surface area contributed by atoms with Crippen molar-refractivity contribution in [1.82, 2.24) is 9.97 Å². The van der Waals surface area contributed by atoms with Crippen molar-refractivity contribution in [2.24, 2.45) is 0 Å². The van der Waals surface area contributed by atoms with Crippen molar-refractivity contribution in [3.05, 3.63) is 29.5 Å². The lowest BCUT2D eigenvalue weighted by atomic mass is 10.0. The van der Waals surface area contributed by atoms with E-state index in [4.69, 9.17) is 16.3 Å². The second kappa shape index (κ2) is 4.92. The summed E-state index contributed by atoms with van der Waals surface area (Å²) in [5.74, 6) is 0.635. The largest absolute Gasteiger partial charge is 0.386 e. The molecule has 2 aromatic rings. The molecule has 0 radical (unpaired) electrons. The maximum Gasteiger partial charge on any atom is 0.224 e. The minimum Gasteiger partial charge on any atom is -0.386 e. The molecule has 1 aromatic heterocycles. The normalized spacial score (nSPS) is 22.8. The lowest BCUT2D eigenvalue weighted by Gasteiger charge is -2.21. The molecule has 6 heteroatoms. The van der Waals surface area contributed by atoms with Gasteiger partial charge in [-0.15, -0.1) is 0 Å². The van der Waals surface area contributed by atoms with E-state index in [1.807, 2.05) is 24.3 Å². The Morgan fingerprint density at radius 1 is 1.37 bits per heavy atom. The van der Waals surface area contributed by atoms with Crippen molar-refractivity contribution < 1.29 is 9.84 Å². The fourth-order valence-corrected chi connectivity index (χ4v) is 2.34. The number of aromatic nitrogens is 2. The molecule has 19 heavy (non-hydrogen) atoms. The Bertz CT molecular complexity index is 599. The van der Waals surface area contributed by atoms with Crippen molar-refractivity contribution in [2.75, 3.05) is 25.1 Å². The number of nitrogens with zero attached hydrogens (tertiary/aromatic N) is 2. The fraction of sp³-hybridized carbons (Fsp3) is 0.385. The fourth-order valence-electron chi connectivity index (χ4n) is 2.17. The first kappa shape index (κ1) is 12.6. The average molecular weight is 280 g/mol. The molecule has 1 unspecified atom stereocenters. The zero-order valence-electron chi connectivity index (χ0n) is 10.3. The highest BCUT2D eigenvalue weighted by Gasteiger charge is 2.32. The maximum atomic E-state index is 10.2. The number of halogens is 1. The van der Waals surface area contributed by atoms with Crippen molar-refractivity contribution in [3.8, 4) is 0 Å². The van der Waals surface area contributed by atoms with Crippen molar-refractivity contribution in [1.29, 1.82) is 0 Å². The van der Waals surface area contributed by atoms with Gasteiger partial charge in [-0.1, -0.05) is 12.1 Å². The zero-order chi connectivity index (χ0) is 13.3. The molecule has 3 rings (SSSR count). The zero-order valence-corrected chi connectivity index (χ0v) is 11.0. The number of para-hydroxylation sites is 1. The maximum absolute atomic E-state index is 10.2. The third-order valence-electron chi connectivity index (χ3n) is 3.24. The monoisotopic (exact) mass is 279 g/mol. The molecule has 1 aliphatic heterocycles. The summed E-state index contributed by atoms with van der Waals surface area (Å²) in [6, 6.07) is 7.61. The molecule has 100 valence electrons. The molecule has 1 aromatic carbocycles. The lowest BCUT2D eigenvalue weighted by molar-refractivity contribution is 0.0381. The molecule has 2 N–H and O–H groups in total. The van der Waals surface area contributed by atoms with Crippen LogP contribution in [-0.4, -0.2) is 40.4 Å². The van der Waals surface area contributed by atoms with Gasteiger partial charge in [0, 0.05) is 25.0 Å². The van der Waals surface area contributed by atoms with E-state index < -0.39 is 5.60 Å². The van der Waals surface area contributed by atoms with Crippen LogP contribution in [0, 0.1) is 0 Å². The highest BCUT2D eigenvalue weighted by Crippen LogP contribution is 2.24. The summed E-state index contributed by atoms with van der Waals surface area (Å²) >= 11 is 5.90. The third kappa shape index (κ3) is 2.63. The van der Waals surface area contributed by atoms with Gasteiger partial charge in [-0.05, 0) is 23.7 Å². The number of nitrogens with one attached hydrogen (secondary N) is 1. The molecule has 1 aliphatic rings. The number of hydrogen-bond acceptors (Lipinski definition) is 5. The number of hydrogen-bond donors (Lipinski definition) is 2. The summed E-state index contributed by atoms with van der Waals surface area (Å²) < 4.78 is 5.21. The van der Waals surface area contributed by atoms with Crippen LogP contribution >= 0.6 is 11.6 Å². The van der Waals surface area contributed by atoms with Crippen molar-refractivity contribution in [3.63, 3.8) is 0 Å². The van der Waals surface area contributed by atoms with Gasteiger partial charge in [0.25, 0.3) is 0 Å². The Morgan fingerprint density at radius 2 is 2.21 bits per heavy atom. The molecule has 0 aliphatic carbocycles. The van der Waals surface area contributed by atoms with Gasteiger partial charge in [0.1, 0.15) is 11.4 Å². The van der Waals surface area contributed by atoms with E-state index in [2.05, 4.69) is 15.3 Å². The van der Waals surface area contributed by atoms with Crippen LogP contribution < -0.4 is 5.32 Å². The Hall–Kier alpha value is -1.43. The van der Waals surface area contributed by atoms with Crippen LogP contribution in [-0.2, 0) is 4.74 Å². The smallest absolute Gasteiger partial charge is 0.224 e. The van der Waals surface area contributed by atoms with Crippen LogP contribution in [0.2, 0.25) is 5.28 Å². The van der Waals surface area contributed by atoms with E-state index in [1.165, 1.54) is 0 Å². The van der Waals surface area contributed by atoms with E-state index in [1.54, 1.807) is 0 Å². The van der Waals surface area contributed by atoms with Crippen LogP contribution in [0.25, 0.3) is 10.9 Å². The van der Waals surface area contributed by atoms with Gasteiger partial charge in [0.2, 0.25) is 5.28 Å². The van der Waals surface area contributed by atoms with Crippen LogP contribution in [0.1, 0.15) is 6.42 Å². The molecule has 0 saturated carbocycles. The van der Waals surface area contributed by atoms with Gasteiger partial charge < -0.3 is 15.2 Å². The Balaban J connectivity index is 1.87. The molecule has 1 saturated heterocycles. The standard InChI is InChI=1S/C13H14ClN3O2/c14-12-16-10-4-2-1-3-9(10)11(17-12)15-7-13(18)5-6-19-8-13/h1-4,18H,5-8H2,(H,15,16,17). The summed E-state index contributed by atoms with van der Waals surface area (Å²) in [6.07, 6.45) is 0.622. The van der Waals surface area contributed by atoms with E-state index in [0.29, 0.717) is 32.0 Å². The molecule has 0 amide bonds. The van der Waals surface area contributed by atoms with Gasteiger partial charge in [0.05, 0.1) is 12.1 Å². The predicted octanol–water partition coefficient (Wildman–Crippen LogP) is 1.85. The van der Waals surface area contributed by atoms with Gasteiger partial charge in [-0.25, -0.2) is 9.97 Å². The second-order valence-electron chi connectivity index (χ2n) is 4.74. The molecule has 0 bridgehead atoms.